The average molecular weight is 598 g/mol. The Labute approximate surface area is 258 Å². The van der Waals surface area contributed by atoms with E-state index in [2.05, 4.69) is 68.7 Å². The number of hydrogen-bond donors (Lipinski definition) is 2. The van der Waals surface area contributed by atoms with Crippen molar-refractivity contribution in [3.63, 3.8) is 0 Å². The number of para-hydroxylation sites is 2. The zero-order valence-corrected chi connectivity index (χ0v) is 26.3. The first-order valence-corrected chi connectivity index (χ1v) is 15.6. The van der Waals surface area contributed by atoms with Crippen LogP contribution in [0.3, 0.4) is 0 Å². The molecular weight excluding hydrogens is 558 g/mol. The highest BCUT2D eigenvalue weighted by atomic mass is 32.2. The Bertz CT molecular complexity index is 1610. The van der Waals surface area contributed by atoms with Gasteiger partial charge in [-0.25, -0.2) is 0 Å². The normalized spacial score (nSPS) is 22.3. The summed E-state index contributed by atoms with van der Waals surface area (Å²) in [6.45, 7) is 11.7. The Morgan fingerprint density at radius 1 is 0.953 bits per heavy atom. The summed E-state index contributed by atoms with van der Waals surface area (Å²) in [5.74, 6) is -1.70. The Morgan fingerprint density at radius 3 is 2.26 bits per heavy atom. The van der Waals surface area contributed by atoms with E-state index in [-0.39, 0.29) is 29.0 Å². The van der Waals surface area contributed by atoms with E-state index in [0.29, 0.717) is 18.7 Å². The number of carboxylic acids is 2. The minimum atomic E-state index is -0.866. The van der Waals surface area contributed by atoms with Crippen molar-refractivity contribution in [2.75, 3.05) is 22.9 Å². The van der Waals surface area contributed by atoms with E-state index in [1.54, 1.807) is 11.8 Å². The second-order valence-electron chi connectivity index (χ2n) is 12.9. The molecule has 7 nitrogen and oxygen atoms in total. The van der Waals surface area contributed by atoms with Crippen molar-refractivity contribution in [1.82, 2.24) is 0 Å². The number of thioether (sulfide) groups is 1. The lowest BCUT2D eigenvalue weighted by molar-refractivity contribution is -0.137. The molecule has 0 bridgehead atoms. The van der Waals surface area contributed by atoms with Crippen LogP contribution in [0.2, 0.25) is 0 Å². The van der Waals surface area contributed by atoms with Gasteiger partial charge >= 0.3 is 11.9 Å². The van der Waals surface area contributed by atoms with Crippen molar-refractivity contribution >= 4 is 35.1 Å². The van der Waals surface area contributed by atoms with Gasteiger partial charge in [0.2, 0.25) is 0 Å². The molecule has 2 heterocycles. The van der Waals surface area contributed by atoms with Gasteiger partial charge in [0.05, 0.1) is 30.2 Å². The summed E-state index contributed by atoms with van der Waals surface area (Å²) in [7, 11) is 0. The van der Waals surface area contributed by atoms with E-state index in [9.17, 15) is 25.1 Å². The quantitative estimate of drug-likeness (QED) is 0.301. The fourth-order valence-electron chi connectivity index (χ4n) is 6.96. The maximum Gasteiger partial charge on any atom is 0.305 e. The summed E-state index contributed by atoms with van der Waals surface area (Å²) >= 11 is 1.61. The molecular formula is C35H39N3O4S. The van der Waals surface area contributed by atoms with Gasteiger partial charge in [0, 0.05) is 34.8 Å². The number of carbonyl (C=O) groups is 2. The Hall–Kier alpha value is -3.96. The van der Waals surface area contributed by atoms with Gasteiger partial charge < -0.3 is 20.0 Å². The summed E-state index contributed by atoms with van der Waals surface area (Å²) in [5, 5.41) is 29.3. The molecule has 0 radical (unpaired) electrons. The van der Waals surface area contributed by atoms with E-state index in [4.69, 9.17) is 0 Å². The molecule has 2 aliphatic heterocycles. The van der Waals surface area contributed by atoms with Crippen LogP contribution < -0.4 is 9.80 Å². The molecule has 0 saturated carbocycles. The Morgan fingerprint density at radius 2 is 1.58 bits per heavy atom. The molecule has 43 heavy (non-hydrogen) atoms. The van der Waals surface area contributed by atoms with Crippen LogP contribution in [0.5, 0.6) is 0 Å². The Balaban J connectivity index is 1.63. The van der Waals surface area contributed by atoms with Crippen LogP contribution in [0.15, 0.2) is 87.5 Å². The van der Waals surface area contributed by atoms with Gasteiger partial charge in [-0.1, -0.05) is 75.9 Å². The van der Waals surface area contributed by atoms with E-state index in [1.807, 2.05) is 36.4 Å². The highest BCUT2D eigenvalue weighted by molar-refractivity contribution is 8.00. The molecule has 2 aromatic rings. The fraction of sp³-hybridized carbons (Fsp3) is 0.400. The lowest BCUT2D eigenvalue weighted by Crippen LogP contribution is -2.34. The summed E-state index contributed by atoms with van der Waals surface area (Å²) in [4.78, 5) is 28.4. The van der Waals surface area contributed by atoms with E-state index in [0.717, 1.165) is 51.5 Å². The summed E-state index contributed by atoms with van der Waals surface area (Å²) < 4.78 is 0. The van der Waals surface area contributed by atoms with Gasteiger partial charge in [-0.05, 0) is 65.7 Å². The number of benzene rings is 2. The lowest BCUT2D eigenvalue weighted by Gasteiger charge is -2.36. The molecule has 1 aliphatic carbocycles. The zero-order valence-electron chi connectivity index (χ0n) is 25.5. The van der Waals surface area contributed by atoms with Crippen LogP contribution in [0, 0.1) is 16.7 Å². The van der Waals surface area contributed by atoms with Gasteiger partial charge in [-0.2, -0.15) is 5.26 Å². The molecule has 0 spiro atoms. The van der Waals surface area contributed by atoms with Crippen molar-refractivity contribution in [3.8, 4) is 6.07 Å². The van der Waals surface area contributed by atoms with Gasteiger partial charge in [0.15, 0.2) is 0 Å². The largest absolute Gasteiger partial charge is 0.481 e. The molecule has 3 aliphatic rings. The van der Waals surface area contributed by atoms with Gasteiger partial charge in [0.25, 0.3) is 0 Å². The molecule has 5 rings (SSSR count). The number of nitriles is 1. The highest BCUT2D eigenvalue weighted by Crippen LogP contribution is 2.53. The predicted molar refractivity (Wildman–Crippen MR) is 171 cm³/mol. The minimum Gasteiger partial charge on any atom is -0.481 e. The molecule has 2 N–H and O–H groups in total. The third-order valence-electron chi connectivity index (χ3n) is 8.78. The number of rotatable bonds is 8. The average Bonchev–Trinajstić information content (AvgIpc) is 3.41. The number of aliphatic carboxylic acids is 2. The third kappa shape index (κ3) is 5.83. The van der Waals surface area contributed by atoms with Crippen molar-refractivity contribution in [3.05, 3.63) is 88.2 Å². The fourth-order valence-corrected chi connectivity index (χ4v) is 8.34. The van der Waals surface area contributed by atoms with Crippen molar-refractivity contribution < 1.29 is 19.8 Å². The first kappa shape index (κ1) is 30.5. The number of allylic oxidation sites excluding steroid dienone is 5. The zero-order chi connectivity index (χ0) is 31.1. The molecule has 8 heteroatoms. The highest BCUT2D eigenvalue weighted by Gasteiger charge is 2.43. The van der Waals surface area contributed by atoms with Crippen molar-refractivity contribution in [2.24, 2.45) is 5.41 Å². The standard InChI is InChI=1S/C35H39N3O4S/c1-22(32-35(4,5)26-10-6-7-11-27(26)37(32)16-14-30(39)40)23-18-24(20-34(2,3)19-23)25(21-36)33-38(17-15-31(41)42)28-12-8-9-13-29(28)43-33/h6-13,18,33H,14-17,19-20H2,1-5H3,(H,39,40)(H,41,42)/b25-24-,32-22+. The first-order valence-electron chi connectivity index (χ1n) is 14.7. The van der Waals surface area contributed by atoms with Crippen LogP contribution in [0.4, 0.5) is 11.4 Å². The third-order valence-corrected chi connectivity index (χ3v) is 10.1. The molecule has 0 amide bonds. The molecule has 0 saturated heterocycles. The number of fused-ring (bicyclic) bond motifs is 2. The maximum atomic E-state index is 11.6. The molecule has 2 aromatic carbocycles. The Kier molecular flexibility index (Phi) is 8.24. The number of hydrogen-bond acceptors (Lipinski definition) is 6. The molecule has 1 unspecified atom stereocenters. The molecule has 1 atom stereocenters. The summed E-state index contributed by atoms with van der Waals surface area (Å²) in [6, 6.07) is 18.7. The van der Waals surface area contributed by atoms with Crippen LogP contribution in [0.25, 0.3) is 0 Å². The van der Waals surface area contributed by atoms with Crippen molar-refractivity contribution in [2.45, 2.75) is 76.0 Å². The van der Waals surface area contributed by atoms with Crippen LogP contribution in [-0.2, 0) is 15.0 Å². The second-order valence-corrected chi connectivity index (χ2v) is 14.0. The van der Waals surface area contributed by atoms with Crippen LogP contribution in [-0.4, -0.2) is 40.6 Å². The van der Waals surface area contributed by atoms with Crippen LogP contribution >= 0.6 is 11.8 Å². The maximum absolute atomic E-state index is 11.6. The van der Waals surface area contributed by atoms with Gasteiger partial charge in [-0.15, -0.1) is 0 Å². The van der Waals surface area contributed by atoms with E-state index in [1.165, 1.54) is 5.56 Å². The summed E-state index contributed by atoms with van der Waals surface area (Å²) in [6.07, 6.45) is 3.75. The molecule has 0 fully saturated rings. The smallest absolute Gasteiger partial charge is 0.305 e. The topological polar surface area (TPSA) is 105 Å². The summed E-state index contributed by atoms with van der Waals surface area (Å²) in [5.41, 5.74) is 7.72. The van der Waals surface area contributed by atoms with E-state index < -0.39 is 11.9 Å². The van der Waals surface area contributed by atoms with Crippen molar-refractivity contribution in [1.29, 1.82) is 5.26 Å². The minimum absolute atomic E-state index is 0.0148. The number of carboxylic acid groups (broad SMARTS) is 2. The second kappa shape index (κ2) is 11.6. The molecule has 0 aromatic heterocycles. The number of anilines is 2. The van der Waals surface area contributed by atoms with Crippen LogP contribution in [0.1, 0.15) is 65.9 Å². The molecule has 224 valence electrons. The van der Waals surface area contributed by atoms with Gasteiger partial charge in [-0.3, -0.25) is 9.59 Å². The predicted octanol–water partition coefficient (Wildman–Crippen LogP) is 7.51. The lowest BCUT2D eigenvalue weighted by atomic mass is 9.71. The number of nitrogens with zero attached hydrogens (tertiary/aromatic N) is 3. The monoisotopic (exact) mass is 597 g/mol. The first-order chi connectivity index (χ1) is 20.3. The van der Waals surface area contributed by atoms with Gasteiger partial charge in [0.1, 0.15) is 5.37 Å². The SMILES string of the molecule is C/C(C1=C/C(=C(\C#N)C2Sc3ccccc3N2CCC(=O)O)CC(C)(C)C1)=C1\N(CCC(=O)O)c2ccccc2C1(C)C. The van der Waals surface area contributed by atoms with E-state index >= 15 is 0 Å².